The van der Waals surface area contributed by atoms with Gasteiger partial charge in [0.1, 0.15) is 0 Å². The summed E-state index contributed by atoms with van der Waals surface area (Å²) in [6, 6.07) is 20.9. The average molecular weight is 393 g/mol. The van der Waals surface area contributed by atoms with E-state index < -0.39 is 0 Å². The summed E-state index contributed by atoms with van der Waals surface area (Å²) >= 11 is 1.34. The molecule has 0 atom stereocenters. The van der Waals surface area contributed by atoms with Crippen molar-refractivity contribution >= 4 is 28.9 Å². The van der Waals surface area contributed by atoms with Crippen LogP contribution in [0.5, 0.6) is 0 Å². The zero-order valence-electron chi connectivity index (χ0n) is 16.0. The predicted octanol–water partition coefficient (Wildman–Crippen LogP) is 4.01. The van der Waals surface area contributed by atoms with Crippen LogP contribution in [0, 0.1) is 0 Å². The van der Waals surface area contributed by atoms with E-state index in [2.05, 4.69) is 58.2 Å². The minimum Gasteiger partial charge on any atom is -0.322 e. The highest BCUT2D eigenvalue weighted by Gasteiger charge is 2.22. The van der Waals surface area contributed by atoms with Gasteiger partial charge in [0, 0.05) is 49.9 Å². The third kappa shape index (κ3) is 4.13. The molecule has 0 bridgehead atoms. The van der Waals surface area contributed by atoms with Gasteiger partial charge in [0.2, 0.25) is 0 Å². The Bertz CT molecular complexity index is 955. The molecule has 0 unspecified atom stereocenters. The van der Waals surface area contributed by atoms with Crippen LogP contribution in [0.3, 0.4) is 0 Å². The maximum absolute atomic E-state index is 12.0. The first-order chi connectivity index (χ1) is 13.7. The quantitative estimate of drug-likeness (QED) is 0.682. The van der Waals surface area contributed by atoms with Crippen molar-refractivity contribution in [2.24, 2.45) is 0 Å². The summed E-state index contributed by atoms with van der Waals surface area (Å²) in [6.45, 7) is 4.05. The van der Waals surface area contributed by atoms with Crippen LogP contribution in [0.2, 0.25) is 0 Å². The standard InChI is InChI=1S/C22H24N4OS/c1-28-24-22(27)26-13-11-25(12-14-26)16-19-15-18-9-5-6-10-20(18)23-21(19)17-7-3-2-4-8-17/h2-10,15H,11-14,16H2,1H3,(H,24,27). The molecule has 2 amide bonds. The minimum atomic E-state index is 0.00416. The molecule has 0 spiro atoms. The Morgan fingerprint density at radius 1 is 1.04 bits per heavy atom. The number of hydrogen-bond acceptors (Lipinski definition) is 4. The van der Waals surface area contributed by atoms with E-state index in [9.17, 15) is 4.79 Å². The maximum atomic E-state index is 12.0. The molecule has 28 heavy (non-hydrogen) atoms. The average Bonchev–Trinajstić information content (AvgIpc) is 2.74. The SMILES string of the molecule is CSNC(=O)N1CCN(Cc2cc3ccccc3nc2-c2ccccc2)CC1. The Morgan fingerprint density at radius 2 is 1.75 bits per heavy atom. The number of hydrogen-bond donors (Lipinski definition) is 1. The molecule has 1 N–H and O–H groups in total. The van der Waals surface area contributed by atoms with E-state index in [0.29, 0.717) is 0 Å². The number of carbonyl (C=O) groups is 1. The number of benzene rings is 2. The number of urea groups is 1. The van der Waals surface area contributed by atoms with Gasteiger partial charge in [-0.15, -0.1) is 0 Å². The fraction of sp³-hybridized carbons (Fsp3) is 0.273. The van der Waals surface area contributed by atoms with Gasteiger partial charge >= 0.3 is 6.03 Å². The van der Waals surface area contributed by atoms with Crippen molar-refractivity contribution in [2.75, 3.05) is 32.4 Å². The van der Waals surface area contributed by atoms with Gasteiger partial charge < -0.3 is 4.90 Å². The van der Waals surface area contributed by atoms with Crippen LogP contribution in [0.1, 0.15) is 5.56 Å². The Balaban J connectivity index is 1.57. The minimum absolute atomic E-state index is 0.00416. The van der Waals surface area contributed by atoms with Gasteiger partial charge in [-0.2, -0.15) is 0 Å². The summed E-state index contributed by atoms with van der Waals surface area (Å²) in [5.41, 5.74) is 4.43. The number of amides is 2. The molecule has 4 rings (SSSR count). The molecule has 0 aliphatic carbocycles. The highest BCUT2D eigenvalue weighted by molar-refractivity contribution is 7.97. The first kappa shape index (κ1) is 18.8. The number of nitrogens with one attached hydrogen (secondary N) is 1. The second kappa shape index (κ2) is 8.63. The number of para-hydroxylation sites is 1. The lowest BCUT2D eigenvalue weighted by Gasteiger charge is -2.34. The smallest absolute Gasteiger partial charge is 0.322 e. The zero-order valence-corrected chi connectivity index (χ0v) is 16.8. The molecule has 1 aromatic heterocycles. The third-order valence-electron chi connectivity index (χ3n) is 5.09. The molecule has 1 aliphatic rings. The molecular formula is C22H24N4OS. The molecule has 5 nitrogen and oxygen atoms in total. The topological polar surface area (TPSA) is 48.5 Å². The summed E-state index contributed by atoms with van der Waals surface area (Å²) in [5, 5.41) is 1.16. The van der Waals surface area contributed by atoms with Crippen molar-refractivity contribution in [1.29, 1.82) is 0 Å². The number of carbonyl (C=O) groups excluding carboxylic acids is 1. The second-order valence-electron chi connectivity index (χ2n) is 6.93. The van der Waals surface area contributed by atoms with Gasteiger partial charge in [-0.3, -0.25) is 9.62 Å². The molecule has 2 heterocycles. The molecule has 0 saturated carbocycles. The van der Waals surface area contributed by atoms with Gasteiger partial charge in [0.15, 0.2) is 0 Å². The van der Waals surface area contributed by atoms with E-state index >= 15 is 0 Å². The van der Waals surface area contributed by atoms with Crippen molar-refractivity contribution < 1.29 is 4.79 Å². The molecule has 1 saturated heterocycles. The van der Waals surface area contributed by atoms with Crippen LogP contribution in [0.25, 0.3) is 22.2 Å². The lowest BCUT2D eigenvalue weighted by atomic mass is 10.0. The predicted molar refractivity (Wildman–Crippen MR) is 116 cm³/mol. The lowest BCUT2D eigenvalue weighted by Crippen LogP contribution is -2.50. The van der Waals surface area contributed by atoms with E-state index in [1.165, 1.54) is 17.5 Å². The largest absolute Gasteiger partial charge is 0.327 e. The Hall–Kier alpha value is -2.57. The third-order valence-corrected chi connectivity index (χ3v) is 5.47. The van der Waals surface area contributed by atoms with Crippen molar-refractivity contribution in [3.8, 4) is 11.3 Å². The lowest BCUT2D eigenvalue weighted by molar-refractivity contribution is 0.139. The highest BCUT2D eigenvalue weighted by atomic mass is 32.2. The number of pyridine rings is 1. The summed E-state index contributed by atoms with van der Waals surface area (Å²) in [5.74, 6) is 0. The summed E-state index contributed by atoms with van der Waals surface area (Å²) in [6.07, 6.45) is 1.87. The van der Waals surface area contributed by atoms with Gasteiger partial charge in [-0.25, -0.2) is 9.78 Å². The first-order valence-electron chi connectivity index (χ1n) is 9.49. The Kier molecular flexibility index (Phi) is 5.78. The molecule has 6 heteroatoms. The van der Waals surface area contributed by atoms with Gasteiger partial charge in [-0.1, -0.05) is 60.5 Å². The van der Waals surface area contributed by atoms with E-state index in [4.69, 9.17) is 4.98 Å². The van der Waals surface area contributed by atoms with Gasteiger partial charge in [0.25, 0.3) is 0 Å². The maximum Gasteiger partial charge on any atom is 0.327 e. The van der Waals surface area contributed by atoms with E-state index in [1.54, 1.807) is 0 Å². The van der Waals surface area contributed by atoms with Crippen LogP contribution in [-0.4, -0.2) is 53.2 Å². The van der Waals surface area contributed by atoms with Crippen LogP contribution < -0.4 is 4.72 Å². The summed E-state index contributed by atoms with van der Waals surface area (Å²) in [4.78, 5) is 21.3. The number of piperazine rings is 1. The van der Waals surface area contributed by atoms with Gasteiger partial charge in [-0.05, 0) is 17.7 Å². The normalized spacial score (nSPS) is 15.0. The molecule has 3 aromatic rings. The fourth-order valence-corrected chi connectivity index (χ4v) is 3.93. The molecule has 2 aromatic carbocycles. The number of aromatic nitrogens is 1. The molecule has 1 fully saturated rings. The molecule has 1 aliphatic heterocycles. The highest BCUT2D eigenvalue weighted by Crippen LogP contribution is 2.27. The Morgan fingerprint density at radius 3 is 2.50 bits per heavy atom. The number of fused-ring (bicyclic) bond motifs is 1. The fourth-order valence-electron chi connectivity index (χ4n) is 3.63. The second-order valence-corrected chi connectivity index (χ2v) is 7.54. The molecular weight excluding hydrogens is 368 g/mol. The Labute approximate surface area is 169 Å². The first-order valence-corrected chi connectivity index (χ1v) is 10.7. The van der Waals surface area contributed by atoms with Gasteiger partial charge in [0.05, 0.1) is 11.2 Å². The van der Waals surface area contributed by atoms with E-state index in [0.717, 1.165) is 54.9 Å². The van der Waals surface area contributed by atoms with Crippen molar-refractivity contribution in [3.05, 3.63) is 66.2 Å². The van der Waals surface area contributed by atoms with Crippen LogP contribution in [0.15, 0.2) is 60.7 Å². The number of rotatable bonds is 4. The van der Waals surface area contributed by atoms with Crippen LogP contribution in [0.4, 0.5) is 4.79 Å². The zero-order chi connectivity index (χ0) is 19.3. The monoisotopic (exact) mass is 392 g/mol. The summed E-state index contributed by atoms with van der Waals surface area (Å²) in [7, 11) is 0. The van der Waals surface area contributed by atoms with Crippen LogP contribution >= 0.6 is 11.9 Å². The van der Waals surface area contributed by atoms with Crippen molar-refractivity contribution in [2.45, 2.75) is 6.54 Å². The molecule has 0 radical (unpaired) electrons. The van der Waals surface area contributed by atoms with Crippen LogP contribution in [-0.2, 0) is 6.54 Å². The van der Waals surface area contributed by atoms with E-state index in [-0.39, 0.29) is 6.03 Å². The molecule has 144 valence electrons. The van der Waals surface area contributed by atoms with E-state index in [1.807, 2.05) is 23.3 Å². The summed E-state index contributed by atoms with van der Waals surface area (Å²) < 4.78 is 2.81. The van der Waals surface area contributed by atoms with Crippen molar-refractivity contribution in [3.63, 3.8) is 0 Å². The number of nitrogens with zero attached hydrogens (tertiary/aromatic N) is 3. The van der Waals surface area contributed by atoms with Crippen molar-refractivity contribution in [1.82, 2.24) is 19.5 Å².